The third-order valence-corrected chi connectivity index (χ3v) is 8.49. The lowest BCUT2D eigenvalue weighted by Crippen LogP contribution is -2.50. The molecule has 4 N–H and O–H groups in total. The van der Waals surface area contributed by atoms with Gasteiger partial charge in [0.25, 0.3) is 5.91 Å². The number of aliphatic hydroxyl groups excluding tert-OH is 2. The van der Waals surface area contributed by atoms with Crippen LogP contribution in [-0.4, -0.2) is 88.8 Å². The summed E-state index contributed by atoms with van der Waals surface area (Å²) in [5.41, 5.74) is 7.21. The van der Waals surface area contributed by atoms with Gasteiger partial charge in [-0.1, -0.05) is 31.4 Å². The molecule has 2 heterocycles. The number of nitrogens with two attached hydrogens (primary N) is 1. The number of hydrogen-bond donors (Lipinski definition) is 3. The summed E-state index contributed by atoms with van der Waals surface area (Å²) in [5, 5.41) is 19.3. The molecular weight excluding hydrogens is 474 g/mol. The van der Waals surface area contributed by atoms with E-state index in [1.165, 1.54) is 12.0 Å². The first-order chi connectivity index (χ1) is 17.9. The predicted molar refractivity (Wildman–Crippen MR) is 138 cm³/mol. The SMILES string of the molecule is NC(=O)c1cccc(C2CC3CCC(C2)N3CCN(CC2CCCCC2)C(=O)[C@@H](O)COC(=O)CO)c1. The Morgan fingerprint density at radius 1 is 1.08 bits per heavy atom. The molecule has 9 nitrogen and oxygen atoms in total. The van der Waals surface area contributed by atoms with Crippen molar-refractivity contribution in [1.82, 2.24) is 9.80 Å². The van der Waals surface area contributed by atoms with Crippen LogP contribution in [0.4, 0.5) is 0 Å². The van der Waals surface area contributed by atoms with Gasteiger partial charge < -0.3 is 25.6 Å². The molecule has 2 unspecified atom stereocenters. The molecule has 204 valence electrons. The third-order valence-electron chi connectivity index (χ3n) is 8.49. The lowest BCUT2D eigenvalue weighted by molar-refractivity contribution is -0.155. The Labute approximate surface area is 218 Å². The molecule has 3 fully saturated rings. The first-order valence-corrected chi connectivity index (χ1v) is 13.7. The van der Waals surface area contributed by atoms with Crippen molar-refractivity contribution in [3.63, 3.8) is 0 Å². The first-order valence-electron chi connectivity index (χ1n) is 13.7. The third kappa shape index (κ3) is 7.09. The summed E-state index contributed by atoms with van der Waals surface area (Å²) in [5.74, 6) is -0.868. The Kier molecular flexibility index (Phi) is 9.56. The van der Waals surface area contributed by atoms with Crippen molar-refractivity contribution in [2.75, 3.05) is 32.8 Å². The number of aliphatic hydroxyl groups is 2. The van der Waals surface area contributed by atoms with Gasteiger partial charge >= 0.3 is 5.97 Å². The van der Waals surface area contributed by atoms with Gasteiger partial charge in [0.2, 0.25) is 5.91 Å². The minimum atomic E-state index is -1.43. The van der Waals surface area contributed by atoms with E-state index in [0.717, 1.165) is 57.9 Å². The molecule has 9 heteroatoms. The second-order valence-electron chi connectivity index (χ2n) is 10.9. The van der Waals surface area contributed by atoms with Gasteiger partial charge in [-0.3, -0.25) is 14.5 Å². The number of fused-ring (bicyclic) bond motifs is 2. The van der Waals surface area contributed by atoms with E-state index in [2.05, 4.69) is 11.0 Å². The van der Waals surface area contributed by atoms with Gasteiger partial charge in [-0.25, -0.2) is 4.79 Å². The standard InChI is InChI=1S/C28H41N3O6/c29-27(35)21-8-4-7-20(13-21)22-14-23-9-10-24(15-22)31(23)12-11-30(16-19-5-2-1-3-6-19)28(36)25(33)18-37-26(34)17-32/h4,7-8,13,19,22-25,32-33H,1-3,5-6,9-12,14-18H2,(H2,29,35)/t22?,23?,24?,25-/m0/s1. The predicted octanol–water partition coefficient (Wildman–Crippen LogP) is 1.80. The fourth-order valence-corrected chi connectivity index (χ4v) is 6.57. The highest BCUT2D eigenvalue weighted by molar-refractivity contribution is 5.92. The van der Waals surface area contributed by atoms with Gasteiger partial charge in [-0.15, -0.1) is 0 Å². The van der Waals surface area contributed by atoms with E-state index in [0.29, 0.717) is 42.6 Å². The molecule has 0 radical (unpaired) electrons. The number of carbonyl (C=O) groups excluding carboxylic acids is 3. The molecule has 37 heavy (non-hydrogen) atoms. The minimum absolute atomic E-state index is 0.385. The van der Waals surface area contributed by atoms with Crippen LogP contribution in [0.1, 0.15) is 79.6 Å². The summed E-state index contributed by atoms with van der Waals surface area (Å²) < 4.78 is 4.80. The maximum Gasteiger partial charge on any atom is 0.331 e. The van der Waals surface area contributed by atoms with Crippen LogP contribution in [0, 0.1) is 5.92 Å². The van der Waals surface area contributed by atoms with Crippen molar-refractivity contribution >= 4 is 17.8 Å². The number of carbonyl (C=O) groups is 3. The van der Waals surface area contributed by atoms with Crippen molar-refractivity contribution in [2.45, 2.75) is 81.9 Å². The van der Waals surface area contributed by atoms with E-state index >= 15 is 0 Å². The van der Waals surface area contributed by atoms with Gasteiger partial charge in [-0.05, 0) is 68.1 Å². The average Bonchev–Trinajstić information content (AvgIpc) is 3.15. The summed E-state index contributed by atoms with van der Waals surface area (Å²) in [7, 11) is 0. The van der Waals surface area contributed by atoms with Crippen molar-refractivity contribution in [3.05, 3.63) is 35.4 Å². The molecule has 1 aliphatic carbocycles. The number of nitrogens with zero attached hydrogens (tertiary/aromatic N) is 2. The number of hydrogen-bond acceptors (Lipinski definition) is 7. The van der Waals surface area contributed by atoms with Crippen LogP contribution >= 0.6 is 0 Å². The highest BCUT2D eigenvalue weighted by Crippen LogP contribution is 2.43. The zero-order valence-electron chi connectivity index (χ0n) is 21.6. The van der Waals surface area contributed by atoms with Crippen molar-refractivity contribution < 1.29 is 29.3 Å². The average molecular weight is 516 g/mol. The summed E-state index contributed by atoms with van der Waals surface area (Å²) in [4.78, 5) is 40.4. The van der Waals surface area contributed by atoms with E-state index < -0.39 is 37.1 Å². The summed E-state index contributed by atoms with van der Waals surface area (Å²) in [6.07, 6.45) is 8.55. The second kappa shape index (κ2) is 12.8. The molecule has 1 aromatic rings. The van der Waals surface area contributed by atoms with E-state index in [1.54, 1.807) is 11.0 Å². The molecule has 3 atom stereocenters. The van der Waals surface area contributed by atoms with E-state index in [9.17, 15) is 19.5 Å². The quantitative estimate of drug-likeness (QED) is 0.383. The Hall–Kier alpha value is -2.49. The molecule has 1 aromatic carbocycles. The van der Waals surface area contributed by atoms with Gasteiger partial charge in [0, 0.05) is 37.3 Å². The van der Waals surface area contributed by atoms with E-state index in [1.807, 2.05) is 12.1 Å². The normalized spacial score (nSPS) is 25.0. The van der Waals surface area contributed by atoms with Crippen molar-refractivity contribution in [1.29, 1.82) is 0 Å². The summed E-state index contributed by atoms with van der Waals surface area (Å²) in [6, 6.07) is 8.51. The lowest BCUT2D eigenvalue weighted by atomic mass is 9.84. The van der Waals surface area contributed by atoms with Gasteiger partial charge in [-0.2, -0.15) is 0 Å². The molecular formula is C28H41N3O6. The van der Waals surface area contributed by atoms with Crippen molar-refractivity contribution in [3.8, 4) is 0 Å². The summed E-state index contributed by atoms with van der Waals surface area (Å²) in [6.45, 7) is 0.647. The van der Waals surface area contributed by atoms with Crippen LogP contribution < -0.4 is 5.73 Å². The zero-order chi connectivity index (χ0) is 26.4. The van der Waals surface area contributed by atoms with Crippen molar-refractivity contribution in [2.24, 2.45) is 11.7 Å². The van der Waals surface area contributed by atoms with Gasteiger partial charge in [0.1, 0.15) is 13.2 Å². The monoisotopic (exact) mass is 515 g/mol. The Morgan fingerprint density at radius 3 is 2.43 bits per heavy atom. The number of piperidine rings is 1. The number of benzene rings is 1. The highest BCUT2D eigenvalue weighted by atomic mass is 16.6. The molecule has 0 aromatic heterocycles. The minimum Gasteiger partial charge on any atom is -0.461 e. The maximum absolute atomic E-state index is 13.2. The smallest absolute Gasteiger partial charge is 0.331 e. The number of primary amides is 1. The Balaban J connectivity index is 1.38. The van der Waals surface area contributed by atoms with Gasteiger partial charge in [0.15, 0.2) is 6.10 Å². The number of ether oxygens (including phenoxy) is 1. The molecule has 2 bridgehead atoms. The van der Waals surface area contributed by atoms with Crippen LogP contribution in [0.2, 0.25) is 0 Å². The molecule has 2 amide bonds. The second-order valence-corrected chi connectivity index (χ2v) is 10.9. The Morgan fingerprint density at radius 2 is 1.78 bits per heavy atom. The van der Waals surface area contributed by atoms with E-state index in [4.69, 9.17) is 15.6 Å². The topological polar surface area (TPSA) is 133 Å². The highest BCUT2D eigenvalue weighted by Gasteiger charge is 2.41. The van der Waals surface area contributed by atoms with Crippen LogP contribution in [0.15, 0.2) is 24.3 Å². The fourth-order valence-electron chi connectivity index (χ4n) is 6.57. The lowest BCUT2D eigenvalue weighted by Gasteiger charge is -2.41. The molecule has 0 spiro atoms. The van der Waals surface area contributed by atoms with Crippen LogP contribution in [-0.2, 0) is 14.3 Å². The van der Waals surface area contributed by atoms with Crippen LogP contribution in [0.5, 0.6) is 0 Å². The number of rotatable bonds is 11. The molecule has 2 saturated heterocycles. The number of amides is 2. The molecule has 1 saturated carbocycles. The first kappa shape index (κ1) is 27.5. The fraction of sp³-hybridized carbons (Fsp3) is 0.679. The van der Waals surface area contributed by atoms with Crippen LogP contribution in [0.3, 0.4) is 0 Å². The molecule has 4 rings (SSSR count). The number of esters is 1. The van der Waals surface area contributed by atoms with E-state index in [-0.39, 0.29) is 0 Å². The largest absolute Gasteiger partial charge is 0.461 e. The Bertz CT molecular complexity index is 936. The zero-order valence-corrected chi connectivity index (χ0v) is 21.6. The molecule has 3 aliphatic rings. The maximum atomic E-state index is 13.2. The van der Waals surface area contributed by atoms with Crippen LogP contribution in [0.25, 0.3) is 0 Å². The summed E-state index contributed by atoms with van der Waals surface area (Å²) >= 11 is 0. The van der Waals surface area contributed by atoms with Gasteiger partial charge in [0.05, 0.1) is 0 Å². The molecule has 2 aliphatic heterocycles.